The standard InChI is InChI=1S/C39H50N4O6/c1-6-14-32(37(46)42-33(21-26(3)4)35(44)23-36(45)40-24-27(5)7-2)41-38(47)34(43-39(48)49-25-28-15-9-8-10-16-28)22-30-19-13-18-29-17-11-12-20-31(29)30/h1,8-13,15-20,26-27,32-35,44H,7,14,21-25H2,2-5H3,(H,40,45)(H,41,47)(H,42,46)(H,43,48)/t27?,32-,33?,34-,35?/m0/s1. The molecule has 10 nitrogen and oxygen atoms in total. The van der Waals surface area contributed by atoms with Gasteiger partial charge in [0.25, 0.3) is 0 Å². The van der Waals surface area contributed by atoms with Gasteiger partial charge in [-0.3, -0.25) is 14.4 Å². The molecule has 0 aliphatic rings. The Morgan fingerprint density at radius 2 is 1.53 bits per heavy atom. The molecule has 0 bridgehead atoms. The summed E-state index contributed by atoms with van der Waals surface area (Å²) in [5.74, 6) is 1.27. The van der Waals surface area contributed by atoms with Crippen LogP contribution in [0.1, 0.15) is 64.5 Å². The van der Waals surface area contributed by atoms with Crippen LogP contribution in [0.4, 0.5) is 4.79 Å². The van der Waals surface area contributed by atoms with Crippen LogP contribution < -0.4 is 21.3 Å². The number of carbonyl (C=O) groups is 4. The van der Waals surface area contributed by atoms with Gasteiger partial charge in [0, 0.05) is 19.4 Å². The van der Waals surface area contributed by atoms with Crippen LogP contribution in [0.3, 0.4) is 0 Å². The van der Waals surface area contributed by atoms with Crippen molar-refractivity contribution in [3.63, 3.8) is 0 Å². The van der Waals surface area contributed by atoms with E-state index in [0.29, 0.717) is 18.9 Å². The minimum absolute atomic E-state index is 0.00657. The number of aliphatic hydroxyl groups is 1. The van der Waals surface area contributed by atoms with E-state index >= 15 is 0 Å². The predicted molar refractivity (Wildman–Crippen MR) is 191 cm³/mol. The minimum Gasteiger partial charge on any atom is -0.445 e. The Bertz CT molecular complexity index is 1570. The molecular formula is C39H50N4O6. The molecule has 4 amide bonds. The van der Waals surface area contributed by atoms with Crippen LogP contribution >= 0.6 is 0 Å². The molecule has 3 unspecified atom stereocenters. The third-order valence-electron chi connectivity index (χ3n) is 8.34. The lowest BCUT2D eigenvalue weighted by atomic mass is 9.96. The van der Waals surface area contributed by atoms with Crippen molar-refractivity contribution in [1.29, 1.82) is 0 Å². The maximum absolute atomic E-state index is 13.8. The average Bonchev–Trinajstić information content (AvgIpc) is 3.09. The number of benzene rings is 3. The Kier molecular flexibility index (Phi) is 15.6. The number of rotatable bonds is 18. The smallest absolute Gasteiger partial charge is 0.408 e. The maximum Gasteiger partial charge on any atom is 0.408 e. The Labute approximate surface area is 289 Å². The number of terminal acetylenes is 1. The molecule has 10 heteroatoms. The van der Waals surface area contributed by atoms with Gasteiger partial charge in [0.1, 0.15) is 18.7 Å². The van der Waals surface area contributed by atoms with E-state index < -0.39 is 42.1 Å². The molecule has 3 aromatic rings. The highest BCUT2D eigenvalue weighted by Crippen LogP contribution is 2.20. The second kappa shape index (κ2) is 19.8. The van der Waals surface area contributed by atoms with Gasteiger partial charge >= 0.3 is 6.09 Å². The highest BCUT2D eigenvalue weighted by Gasteiger charge is 2.31. The quantitative estimate of drug-likeness (QED) is 0.125. The highest BCUT2D eigenvalue weighted by molar-refractivity contribution is 5.93. The Hall–Kier alpha value is -4.88. The van der Waals surface area contributed by atoms with Gasteiger partial charge in [0.15, 0.2) is 0 Å². The molecule has 3 aromatic carbocycles. The van der Waals surface area contributed by atoms with Crippen molar-refractivity contribution >= 4 is 34.6 Å². The number of hydrogen-bond donors (Lipinski definition) is 5. The van der Waals surface area contributed by atoms with Gasteiger partial charge < -0.3 is 31.1 Å². The van der Waals surface area contributed by atoms with Crippen molar-refractivity contribution < 1.29 is 29.0 Å². The summed E-state index contributed by atoms with van der Waals surface area (Å²) in [6, 6.07) is 19.5. The fraction of sp³-hybridized carbons (Fsp3) is 0.436. The van der Waals surface area contributed by atoms with E-state index in [-0.39, 0.29) is 37.7 Å². The molecule has 5 N–H and O–H groups in total. The Morgan fingerprint density at radius 1 is 0.857 bits per heavy atom. The molecule has 0 aliphatic heterocycles. The van der Waals surface area contributed by atoms with Crippen LogP contribution in [0.2, 0.25) is 0 Å². The third-order valence-corrected chi connectivity index (χ3v) is 8.34. The summed E-state index contributed by atoms with van der Waals surface area (Å²) in [5.41, 5.74) is 1.59. The fourth-order valence-corrected chi connectivity index (χ4v) is 5.35. The first kappa shape index (κ1) is 38.6. The van der Waals surface area contributed by atoms with Gasteiger partial charge in [-0.15, -0.1) is 12.3 Å². The maximum atomic E-state index is 13.8. The molecule has 0 aromatic heterocycles. The molecular weight excluding hydrogens is 620 g/mol. The molecule has 0 saturated carbocycles. The topological polar surface area (TPSA) is 146 Å². The minimum atomic E-state index is -1.17. The molecule has 262 valence electrons. The number of ether oxygens (including phenoxy) is 1. The third kappa shape index (κ3) is 12.9. The number of nitrogens with one attached hydrogen (secondary N) is 4. The first-order valence-electron chi connectivity index (χ1n) is 16.9. The van der Waals surface area contributed by atoms with E-state index in [0.717, 1.165) is 28.3 Å². The van der Waals surface area contributed by atoms with E-state index in [1.54, 1.807) is 0 Å². The lowest BCUT2D eigenvalue weighted by Crippen LogP contribution is -2.57. The highest BCUT2D eigenvalue weighted by atomic mass is 16.5. The van der Waals surface area contributed by atoms with E-state index in [4.69, 9.17) is 11.2 Å². The lowest BCUT2D eigenvalue weighted by Gasteiger charge is -2.28. The monoisotopic (exact) mass is 670 g/mol. The van der Waals surface area contributed by atoms with Crippen LogP contribution in [0, 0.1) is 24.2 Å². The van der Waals surface area contributed by atoms with Crippen molar-refractivity contribution in [2.45, 2.75) is 90.6 Å². The van der Waals surface area contributed by atoms with Crippen LogP contribution in [0.15, 0.2) is 72.8 Å². The van der Waals surface area contributed by atoms with Gasteiger partial charge in [-0.05, 0) is 40.2 Å². The summed E-state index contributed by atoms with van der Waals surface area (Å²) in [4.78, 5) is 52.9. The predicted octanol–water partition coefficient (Wildman–Crippen LogP) is 4.63. The fourth-order valence-electron chi connectivity index (χ4n) is 5.35. The zero-order chi connectivity index (χ0) is 35.8. The molecule has 0 aliphatic carbocycles. The van der Waals surface area contributed by atoms with E-state index in [9.17, 15) is 24.3 Å². The first-order chi connectivity index (χ1) is 23.5. The van der Waals surface area contributed by atoms with Gasteiger partial charge in [-0.2, -0.15) is 0 Å². The second-order valence-corrected chi connectivity index (χ2v) is 12.9. The SMILES string of the molecule is C#CC[C@H](NC(=O)[C@H](Cc1cccc2ccccc12)NC(=O)OCc1ccccc1)C(=O)NC(CC(C)C)C(O)CC(=O)NCC(C)CC. The summed E-state index contributed by atoms with van der Waals surface area (Å²) in [6.07, 6.45) is 4.73. The van der Waals surface area contributed by atoms with Gasteiger partial charge in [-0.1, -0.05) is 107 Å². The molecule has 0 saturated heterocycles. The Balaban J connectivity index is 1.77. The zero-order valence-electron chi connectivity index (χ0n) is 28.9. The van der Waals surface area contributed by atoms with E-state index in [2.05, 4.69) is 27.2 Å². The van der Waals surface area contributed by atoms with Gasteiger partial charge in [0.05, 0.1) is 18.6 Å². The van der Waals surface area contributed by atoms with Crippen molar-refractivity contribution in [1.82, 2.24) is 21.3 Å². The second-order valence-electron chi connectivity index (χ2n) is 12.9. The molecule has 49 heavy (non-hydrogen) atoms. The van der Waals surface area contributed by atoms with Crippen LogP contribution in [0.25, 0.3) is 10.8 Å². The summed E-state index contributed by atoms with van der Waals surface area (Å²) in [6.45, 7) is 8.44. The van der Waals surface area contributed by atoms with Crippen molar-refractivity contribution in [2.24, 2.45) is 11.8 Å². The molecule has 0 radical (unpaired) electrons. The normalized spacial score (nSPS) is 14.1. The van der Waals surface area contributed by atoms with E-state index in [1.807, 2.05) is 100 Å². The molecule has 0 spiro atoms. The largest absolute Gasteiger partial charge is 0.445 e. The number of aliphatic hydroxyl groups excluding tert-OH is 1. The number of alkyl carbamates (subject to hydrolysis) is 1. The number of fused-ring (bicyclic) bond motifs is 1. The molecule has 3 rings (SSSR count). The van der Waals surface area contributed by atoms with Crippen molar-refractivity contribution in [3.05, 3.63) is 83.9 Å². The number of hydrogen-bond acceptors (Lipinski definition) is 6. The number of carbonyl (C=O) groups excluding carboxylic acids is 4. The summed E-state index contributed by atoms with van der Waals surface area (Å²) < 4.78 is 5.42. The van der Waals surface area contributed by atoms with Crippen LogP contribution in [-0.4, -0.2) is 59.7 Å². The van der Waals surface area contributed by atoms with Crippen molar-refractivity contribution in [2.75, 3.05) is 6.54 Å². The summed E-state index contributed by atoms with van der Waals surface area (Å²) >= 11 is 0. The Morgan fingerprint density at radius 3 is 2.22 bits per heavy atom. The zero-order valence-corrected chi connectivity index (χ0v) is 28.9. The average molecular weight is 671 g/mol. The lowest BCUT2D eigenvalue weighted by molar-refractivity contribution is -0.131. The van der Waals surface area contributed by atoms with Crippen LogP contribution in [-0.2, 0) is 32.1 Å². The summed E-state index contributed by atoms with van der Waals surface area (Å²) in [7, 11) is 0. The molecule has 0 fully saturated rings. The van der Waals surface area contributed by atoms with Gasteiger partial charge in [-0.25, -0.2) is 4.79 Å². The van der Waals surface area contributed by atoms with Crippen LogP contribution in [0.5, 0.6) is 0 Å². The van der Waals surface area contributed by atoms with E-state index in [1.165, 1.54) is 0 Å². The first-order valence-corrected chi connectivity index (χ1v) is 16.9. The van der Waals surface area contributed by atoms with Gasteiger partial charge in [0.2, 0.25) is 17.7 Å². The molecule has 5 atom stereocenters. The molecule has 0 heterocycles. The summed E-state index contributed by atoms with van der Waals surface area (Å²) in [5, 5.41) is 23.9. The van der Waals surface area contributed by atoms with Crippen molar-refractivity contribution in [3.8, 4) is 12.3 Å². The number of amides is 4.